The van der Waals surface area contributed by atoms with Crippen molar-refractivity contribution in [2.24, 2.45) is 5.41 Å². The Hall–Kier alpha value is -2.05. The normalized spacial score (nSPS) is 17.5. The topological polar surface area (TPSA) is 87.5 Å². The van der Waals surface area contributed by atoms with Crippen LogP contribution in [0.4, 0.5) is 10.5 Å². The van der Waals surface area contributed by atoms with Crippen LogP contribution in [0.5, 0.6) is 0 Å². The maximum Gasteiger partial charge on any atom is 0.325 e. The molecule has 0 aliphatic carbocycles. The fourth-order valence-corrected chi connectivity index (χ4v) is 2.14. The van der Waals surface area contributed by atoms with Crippen LogP contribution in [-0.4, -0.2) is 44.9 Å². The van der Waals surface area contributed by atoms with Crippen molar-refractivity contribution < 1.29 is 14.7 Å². The summed E-state index contributed by atoms with van der Waals surface area (Å²) in [5, 5.41) is 15.2. The minimum Gasteiger partial charge on any atom is -0.480 e. The van der Waals surface area contributed by atoms with Gasteiger partial charge in [-0.3, -0.25) is 9.48 Å². The van der Waals surface area contributed by atoms with E-state index in [9.17, 15) is 9.59 Å². The Bertz CT molecular complexity index is 495. The van der Waals surface area contributed by atoms with Crippen molar-refractivity contribution in [3.63, 3.8) is 0 Å². The summed E-state index contributed by atoms with van der Waals surface area (Å²) in [6.45, 7) is 5.51. The van der Waals surface area contributed by atoms with E-state index in [1.165, 1.54) is 17.1 Å². The molecule has 7 heteroatoms. The van der Waals surface area contributed by atoms with Crippen LogP contribution in [0.25, 0.3) is 0 Å². The van der Waals surface area contributed by atoms with Crippen LogP contribution in [0.3, 0.4) is 0 Å². The molecule has 2 amide bonds. The van der Waals surface area contributed by atoms with Gasteiger partial charge >= 0.3 is 12.0 Å². The Morgan fingerprint density at radius 2 is 2.26 bits per heavy atom. The van der Waals surface area contributed by atoms with Crippen molar-refractivity contribution in [2.45, 2.75) is 26.8 Å². The van der Waals surface area contributed by atoms with E-state index in [0.717, 1.165) is 19.5 Å². The standard InChI is InChI=1S/C12H18N4O3/c1-12(2)3-4-15(8-12)11(19)14-9-5-13-16(6-9)7-10(17)18/h5-6H,3-4,7-8H2,1-2H3,(H,14,19)(H,17,18). The number of hydrogen-bond acceptors (Lipinski definition) is 3. The number of nitrogens with one attached hydrogen (secondary N) is 1. The zero-order chi connectivity index (χ0) is 14.0. The minimum absolute atomic E-state index is 0.158. The molecule has 2 N–H and O–H groups in total. The molecular formula is C12H18N4O3. The zero-order valence-corrected chi connectivity index (χ0v) is 11.1. The van der Waals surface area contributed by atoms with Crippen molar-refractivity contribution in [1.82, 2.24) is 14.7 Å². The molecule has 0 aromatic carbocycles. The molecule has 1 fully saturated rings. The number of aromatic nitrogens is 2. The van der Waals surface area contributed by atoms with Crippen molar-refractivity contribution in [3.8, 4) is 0 Å². The second-order valence-corrected chi connectivity index (χ2v) is 5.59. The molecular weight excluding hydrogens is 248 g/mol. The van der Waals surface area contributed by atoms with E-state index in [-0.39, 0.29) is 18.0 Å². The number of amides is 2. The van der Waals surface area contributed by atoms with Gasteiger partial charge in [0, 0.05) is 19.3 Å². The van der Waals surface area contributed by atoms with Gasteiger partial charge in [-0.25, -0.2) is 4.79 Å². The average molecular weight is 266 g/mol. The van der Waals surface area contributed by atoms with Crippen LogP contribution in [-0.2, 0) is 11.3 Å². The Morgan fingerprint density at radius 3 is 2.84 bits per heavy atom. The average Bonchev–Trinajstić information content (AvgIpc) is 2.84. The molecule has 19 heavy (non-hydrogen) atoms. The molecule has 104 valence electrons. The van der Waals surface area contributed by atoms with Crippen molar-refractivity contribution in [2.75, 3.05) is 18.4 Å². The number of aliphatic carboxylic acids is 1. The molecule has 1 aliphatic rings. The molecule has 2 heterocycles. The summed E-state index contributed by atoms with van der Waals surface area (Å²) in [6, 6.07) is -0.166. The SMILES string of the molecule is CC1(C)CCN(C(=O)Nc2cnn(CC(=O)O)c2)C1. The lowest BCUT2D eigenvalue weighted by Gasteiger charge is -2.19. The van der Waals surface area contributed by atoms with Gasteiger partial charge in [0.2, 0.25) is 0 Å². The molecule has 0 unspecified atom stereocenters. The summed E-state index contributed by atoms with van der Waals surface area (Å²) in [5.41, 5.74) is 0.668. The molecule has 1 saturated heterocycles. The molecule has 1 aromatic rings. The number of carboxylic acid groups (broad SMARTS) is 1. The second-order valence-electron chi connectivity index (χ2n) is 5.59. The van der Waals surface area contributed by atoms with E-state index < -0.39 is 5.97 Å². The predicted octanol–water partition coefficient (Wildman–Crippen LogP) is 1.23. The number of carbonyl (C=O) groups excluding carboxylic acids is 1. The molecule has 0 bridgehead atoms. The van der Waals surface area contributed by atoms with E-state index >= 15 is 0 Å². The summed E-state index contributed by atoms with van der Waals surface area (Å²) in [7, 11) is 0. The van der Waals surface area contributed by atoms with Crippen LogP contribution in [0.15, 0.2) is 12.4 Å². The monoisotopic (exact) mass is 266 g/mol. The fraction of sp³-hybridized carbons (Fsp3) is 0.583. The molecule has 0 saturated carbocycles. The largest absolute Gasteiger partial charge is 0.480 e. The maximum absolute atomic E-state index is 12.0. The van der Waals surface area contributed by atoms with Crippen LogP contribution in [0.1, 0.15) is 20.3 Å². The van der Waals surface area contributed by atoms with Gasteiger partial charge in [-0.15, -0.1) is 0 Å². The van der Waals surface area contributed by atoms with Crippen molar-refractivity contribution in [3.05, 3.63) is 12.4 Å². The van der Waals surface area contributed by atoms with E-state index in [2.05, 4.69) is 24.3 Å². The number of urea groups is 1. The highest BCUT2D eigenvalue weighted by atomic mass is 16.4. The second kappa shape index (κ2) is 4.91. The molecule has 1 aliphatic heterocycles. The first-order valence-electron chi connectivity index (χ1n) is 6.16. The Balaban J connectivity index is 1.92. The number of carbonyl (C=O) groups is 2. The Labute approximate surface area is 111 Å². The molecule has 0 spiro atoms. The van der Waals surface area contributed by atoms with Crippen molar-refractivity contribution >= 4 is 17.7 Å². The molecule has 1 aromatic heterocycles. The molecule has 7 nitrogen and oxygen atoms in total. The summed E-state index contributed by atoms with van der Waals surface area (Å²) >= 11 is 0. The number of nitrogens with zero attached hydrogens (tertiary/aromatic N) is 3. The fourth-order valence-electron chi connectivity index (χ4n) is 2.14. The van der Waals surface area contributed by atoms with Crippen molar-refractivity contribution in [1.29, 1.82) is 0 Å². The maximum atomic E-state index is 12.0. The molecule has 2 rings (SSSR count). The summed E-state index contributed by atoms with van der Waals surface area (Å²) in [4.78, 5) is 24.3. The summed E-state index contributed by atoms with van der Waals surface area (Å²) in [5.74, 6) is -0.970. The first kappa shape index (κ1) is 13.4. The van der Waals surface area contributed by atoms with Crippen LogP contribution in [0.2, 0.25) is 0 Å². The molecule has 0 radical (unpaired) electrons. The van der Waals surface area contributed by atoms with Crippen LogP contribution >= 0.6 is 0 Å². The number of carboxylic acids is 1. The van der Waals surface area contributed by atoms with Gasteiger partial charge in [0.15, 0.2) is 0 Å². The van der Waals surface area contributed by atoms with Gasteiger partial charge in [-0.05, 0) is 11.8 Å². The van der Waals surface area contributed by atoms with E-state index in [4.69, 9.17) is 5.11 Å². The lowest BCUT2D eigenvalue weighted by Crippen LogP contribution is -2.34. The number of likely N-dealkylation sites (tertiary alicyclic amines) is 1. The third-order valence-corrected chi connectivity index (χ3v) is 3.15. The van der Waals surface area contributed by atoms with Gasteiger partial charge in [-0.2, -0.15) is 5.10 Å². The quantitative estimate of drug-likeness (QED) is 0.861. The van der Waals surface area contributed by atoms with Gasteiger partial charge in [0.1, 0.15) is 6.54 Å². The number of rotatable bonds is 3. The highest BCUT2D eigenvalue weighted by Crippen LogP contribution is 2.29. The first-order chi connectivity index (χ1) is 8.85. The highest BCUT2D eigenvalue weighted by Gasteiger charge is 2.32. The highest BCUT2D eigenvalue weighted by molar-refractivity contribution is 5.89. The lowest BCUT2D eigenvalue weighted by molar-refractivity contribution is -0.137. The lowest BCUT2D eigenvalue weighted by atomic mass is 9.93. The summed E-state index contributed by atoms with van der Waals surface area (Å²) < 4.78 is 1.27. The van der Waals surface area contributed by atoms with Crippen LogP contribution in [0, 0.1) is 5.41 Å². The van der Waals surface area contributed by atoms with Gasteiger partial charge in [0.05, 0.1) is 11.9 Å². The van der Waals surface area contributed by atoms with Gasteiger partial charge < -0.3 is 15.3 Å². The third kappa shape index (κ3) is 3.46. The molecule has 0 atom stereocenters. The van der Waals surface area contributed by atoms with E-state index in [1.54, 1.807) is 4.90 Å². The smallest absolute Gasteiger partial charge is 0.325 e. The Morgan fingerprint density at radius 1 is 1.53 bits per heavy atom. The van der Waals surface area contributed by atoms with E-state index in [1.807, 2.05) is 0 Å². The van der Waals surface area contributed by atoms with Gasteiger partial charge in [0.25, 0.3) is 0 Å². The minimum atomic E-state index is -0.970. The number of hydrogen-bond donors (Lipinski definition) is 2. The first-order valence-corrected chi connectivity index (χ1v) is 6.16. The van der Waals surface area contributed by atoms with Crippen LogP contribution < -0.4 is 5.32 Å². The van der Waals surface area contributed by atoms with E-state index in [0.29, 0.717) is 5.69 Å². The summed E-state index contributed by atoms with van der Waals surface area (Å²) in [6.07, 6.45) is 3.94. The predicted molar refractivity (Wildman–Crippen MR) is 68.9 cm³/mol. The zero-order valence-electron chi connectivity index (χ0n) is 11.1. The number of anilines is 1. The third-order valence-electron chi connectivity index (χ3n) is 3.15. The Kier molecular flexibility index (Phi) is 3.46. The van der Waals surface area contributed by atoms with Gasteiger partial charge in [-0.1, -0.05) is 13.8 Å².